The molecule has 0 aromatic rings. The van der Waals surface area contributed by atoms with Crippen LogP contribution >= 0.6 is 11.8 Å². The molecule has 3 nitrogen and oxygen atoms in total. The van der Waals surface area contributed by atoms with Crippen LogP contribution in [0.4, 0.5) is 0 Å². The molecule has 1 heterocycles. The van der Waals surface area contributed by atoms with Crippen molar-refractivity contribution in [2.24, 2.45) is 4.99 Å². The molecule has 0 bridgehead atoms. The third-order valence-electron chi connectivity index (χ3n) is 2.51. The number of hydrogen-bond donors (Lipinski definition) is 0. The van der Waals surface area contributed by atoms with Gasteiger partial charge in [0.2, 0.25) is 0 Å². The van der Waals surface area contributed by atoms with Crippen molar-refractivity contribution in [2.75, 3.05) is 40.5 Å². The van der Waals surface area contributed by atoms with Crippen LogP contribution in [-0.4, -0.2) is 61.5 Å². The van der Waals surface area contributed by atoms with Gasteiger partial charge in [0.25, 0.3) is 0 Å². The summed E-state index contributed by atoms with van der Waals surface area (Å²) in [6, 6.07) is 0. The minimum atomic E-state index is 0.744. The van der Waals surface area contributed by atoms with E-state index in [9.17, 15) is 0 Å². The molecular formula is C11H23N3S. The molecule has 0 aromatic heterocycles. The van der Waals surface area contributed by atoms with E-state index in [1.165, 1.54) is 25.0 Å². The van der Waals surface area contributed by atoms with E-state index in [-0.39, 0.29) is 0 Å². The van der Waals surface area contributed by atoms with E-state index in [1.54, 1.807) is 0 Å². The summed E-state index contributed by atoms with van der Waals surface area (Å²) >= 11 is 2.08. The molecule has 1 unspecified atom stereocenters. The molecule has 0 radical (unpaired) electrons. The lowest BCUT2D eigenvalue weighted by molar-refractivity contribution is 0.478. The van der Waals surface area contributed by atoms with Gasteiger partial charge in [-0.2, -0.15) is 11.8 Å². The van der Waals surface area contributed by atoms with Gasteiger partial charge in [-0.05, 0) is 18.6 Å². The number of hydrogen-bond acceptors (Lipinski definition) is 2. The van der Waals surface area contributed by atoms with Crippen molar-refractivity contribution in [3.8, 4) is 0 Å². The Balaban J connectivity index is 2.44. The first-order valence-corrected chi connectivity index (χ1v) is 6.67. The van der Waals surface area contributed by atoms with Gasteiger partial charge in [0.05, 0.1) is 6.54 Å². The normalized spacial score (nSPS) is 20.9. The van der Waals surface area contributed by atoms with Gasteiger partial charge in [0.1, 0.15) is 0 Å². The summed E-state index contributed by atoms with van der Waals surface area (Å²) in [5.41, 5.74) is 0. The Bertz CT molecular complexity index is 198. The zero-order valence-corrected chi connectivity index (χ0v) is 11.2. The zero-order valence-electron chi connectivity index (χ0n) is 10.4. The predicted octanol–water partition coefficient (Wildman–Crippen LogP) is 1.75. The van der Waals surface area contributed by atoms with Gasteiger partial charge in [0, 0.05) is 33.4 Å². The third kappa shape index (κ3) is 4.33. The third-order valence-corrected chi connectivity index (χ3v) is 3.89. The van der Waals surface area contributed by atoms with E-state index < -0.39 is 0 Å². The van der Waals surface area contributed by atoms with Crippen molar-refractivity contribution in [1.29, 1.82) is 0 Å². The Hall–Kier alpha value is -0.380. The van der Waals surface area contributed by atoms with E-state index in [2.05, 4.69) is 21.6 Å². The van der Waals surface area contributed by atoms with E-state index in [1.807, 2.05) is 28.2 Å². The van der Waals surface area contributed by atoms with Crippen molar-refractivity contribution in [3.63, 3.8) is 0 Å². The molecule has 1 fully saturated rings. The van der Waals surface area contributed by atoms with Crippen LogP contribution in [0.5, 0.6) is 0 Å². The van der Waals surface area contributed by atoms with Crippen LogP contribution in [-0.2, 0) is 0 Å². The van der Waals surface area contributed by atoms with E-state index in [0.717, 1.165) is 17.8 Å². The molecule has 0 aliphatic carbocycles. The average molecular weight is 229 g/mol. The van der Waals surface area contributed by atoms with Gasteiger partial charge in [0.15, 0.2) is 5.96 Å². The van der Waals surface area contributed by atoms with Crippen molar-refractivity contribution in [3.05, 3.63) is 0 Å². The van der Waals surface area contributed by atoms with E-state index in [0.29, 0.717) is 0 Å². The lowest BCUT2D eigenvalue weighted by Crippen LogP contribution is -2.36. The smallest absolute Gasteiger partial charge is 0.195 e. The molecule has 1 aliphatic heterocycles. The zero-order chi connectivity index (χ0) is 11.3. The molecular weight excluding hydrogens is 206 g/mol. The van der Waals surface area contributed by atoms with Gasteiger partial charge >= 0.3 is 0 Å². The lowest BCUT2D eigenvalue weighted by atomic mass is 10.2. The molecule has 1 atom stereocenters. The molecule has 0 amide bonds. The van der Waals surface area contributed by atoms with Gasteiger partial charge in [-0.15, -0.1) is 0 Å². The van der Waals surface area contributed by atoms with Crippen molar-refractivity contribution in [1.82, 2.24) is 9.80 Å². The molecule has 0 N–H and O–H groups in total. The highest BCUT2D eigenvalue weighted by molar-refractivity contribution is 7.99. The fraction of sp³-hybridized carbons (Fsp3) is 0.909. The topological polar surface area (TPSA) is 18.8 Å². The molecule has 15 heavy (non-hydrogen) atoms. The summed E-state index contributed by atoms with van der Waals surface area (Å²) in [4.78, 5) is 8.85. The Morgan fingerprint density at radius 3 is 2.33 bits per heavy atom. The SMILES string of the molecule is CN(C)C(=NCC1CCCCS1)N(C)C. The summed E-state index contributed by atoms with van der Waals surface area (Å²) < 4.78 is 0. The summed E-state index contributed by atoms with van der Waals surface area (Å²) in [6.07, 6.45) is 4.11. The molecule has 88 valence electrons. The summed E-state index contributed by atoms with van der Waals surface area (Å²) in [6.45, 7) is 0.969. The largest absolute Gasteiger partial charge is 0.349 e. The maximum atomic E-state index is 4.69. The summed E-state index contributed by atoms with van der Waals surface area (Å²) in [5, 5.41) is 0.744. The highest BCUT2D eigenvalue weighted by atomic mass is 32.2. The van der Waals surface area contributed by atoms with Gasteiger partial charge in [-0.1, -0.05) is 6.42 Å². The number of rotatable bonds is 2. The second-order valence-electron chi connectivity index (χ2n) is 4.42. The minimum Gasteiger partial charge on any atom is -0.349 e. The van der Waals surface area contributed by atoms with Crippen LogP contribution in [0, 0.1) is 0 Å². The van der Waals surface area contributed by atoms with Crippen LogP contribution in [0.3, 0.4) is 0 Å². The van der Waals surface area contributed by atoms with Crippen LogP contribution in [0.25, 0.3) is 0 Å². The Kier molecular flexibility index (Phi) is 5.29. The standard InChI is InChI=1S/C11H23N3S/c1-13(2)11(14(3)4)12-9-10-7-5-6-8-15-10/h10H,5-9H2,1-4H3. The second kappa shape index (κ2) is 6.26. The summed E-state index contributed by atoms with van der Waals surface area (Å²) in [5.74, 6) is 2.39. The number of nitrogens with zero attached hydrogens (tertiary/aromatic N) is 3. The molecule has 1 aliphatic rings. The molecule has 0 saturated carbocycles. The number of thioether (sulfide) groups is 1. The molecule has 0 aromatic carbocycles. The van der Waals surface area contributed by atoms with Gasteiger partial charge in [-0.3, -0.25) is 4.99 Å². The van der Waals surface area contributed by atoms with E-state index >= 15 is 0 Å². The maximum Gasteiger partial charge on any atom is 0.195 e. The Morgan fingerprint density at radius 2 is 1.87 bits per heavy atom. The van der Waals surface area contributed by atoms with Crippen LogP contribution in [0.15, 0.2) is 4.99 Å². The fourth-order valence-corrected chi connectivity index (χ4v) is 3.04. The average Bonchev–Trinajstić information content (AvgIpc) is 2.18. The first-order valence-electron chi connectivity index (χ1n) is 5.62. The van der Waals surface area contributed by atoms with Crippen molar-refractivity contribution >= 4 is 17.7 Å². The first kappa shape index (κ1) is 12.7. The Labute approximate surface area is 97.9 Å². The molecule has 4 heteroatoms. The molecule has 1 saturated heterocycles. The molecule has 1 rings (SSSR count). The monoisotopic (exact) mass is 229 g/mol. The quantitative estimate of drug-likeness (QED) is 0.531. The number of guanidine groups is 1. The highest BCUT2D eigenvalue weighted by Gasteiger charge is 2.14. The van der Waals surface area contributed by atoms with Crippen molar-refractivity contribution in [2.45, 2.75) is 24.5 Å². The van der Waals surface area contributed by atoms with Gasteiger partial charge in [-0.25, -0.2) is 0 Å². The van der Waals surface area contributed by atoms with Crippen molar-refractivity contribution < 1.29 is 0 Å². The summed E-state index contributed by atoms with van der Waals surface area (Å²) in [7, 11) is 8.19. The van der Waals surface area contributed by atoms with E-state index in [4.69, 9.17) is 4.99 Å². The predicted molar refractivity (Wildman–Crippen MR) is 69.8 cm³/mol. The maximum absolute atomic E-state index is 4.69. The van der Waals surface area contributed by atoms with Crippen LogP contribution in [0.2, 0.25) is 0 Å². The van der Waals surface area contributed by atoms with Crippen LogP contribution in [0.1, 0.15) is 19.3 Å². The van der Waals surface area contributed by atoms with Gasteiger partial charge < -0.3 is 9.80 Å². The first-order chi connectivity index (χ1) is 7.11. The highest BCUT2D eigenvalue weighted by Crippen LogP contribution is 2.25. The molecule has 0 spiro atoms. The van der Waals surface area contributed by atoms with Crippen LogP contribution < -0.4 is 0 Å². The number of aliphatic imine (C=N–C) groups is 1. The minimum absolute atomic E-state index is 0.744. The second-order valence-corrected chi connectivity index (χ2v) is 5.83. The lowest BCUT2D eigenvalue weighted by Gasteiger charge is -2.25. The fourth-order valence-electron chi connectivity index (χ4n) is 1.82. The Morgan fingerprint density at radius 1 is 1.20 bits per heavy atom.